The fourth-order valence-corrected chi connectivity index (χ4v) is 4.34. The zero-order chi connectivity index (χ0) is 17.2. The average molecular weight is 352 g/mol. The number of nitrogens with zero attached hydrogens (tertiary/aromatic N) is 4. The van der Waals surface area contributed by atoms with Gasteiger partial charge in [0.1, 0.15) is 16.9 Å². The maximum atomic E-state index is 9.47. The van der Waals surface area contributed by atoms with E-state index >= 15 is 0 Å². The Hall–Kier alpha value is -2.51. The molecule has 0 unspecified atom stereocenters. The molecule has 0 aliphatic carbocycles. The molecule has 25 heavy (non-hydrogen) atoms. The first-order valence-electron chi connectivity index (χ1n) is 8.09. The number of ether oxygens (including phenoxy) is 1. The van der Waals surface area contributed by atoms with Crippen molar-refractivity contribution in [3.8, 4) is 17.1 Å². The van der Waals surface area contributed by atoms with Crippen LogP contribution in [-0.4, -0.2) is 30.3 Å². The molecule has 0 radical (unpaired) electrons. The number of phenolic OH excluding ortho intramolecular Hbond substituents is 1. The van der Waals surface area contributed by atoms with E-state index in [-0.39, 0.29) is 11.4 Å². The molecule has 0 bridgehead atoms. The average Bonchev–Trinajstić information content (AvgIpc) is 3.15. The molecule has 1 aromatic carbocycles. The molecule has 0 saturated carbocycles. The number of aromatic nitrogens is 4. The van der Waals surface area contributed by atoms with Gasteiger partial charge in [-0.15, -0.1) is 16.4 Å². The Balaban J connectivity index is 1.75. The number of rotatable bonds is 1. The molecule has 0 atom stereocenters. The van der Waals surface area contributed by atoms with Gasteiger partial charge in [0, 0.05) is 16.9 Å². The monoisotopic (exact) mass is 352 g/mol. The Morgan fingerprint density at radius 1 is 1.24 bits per heavy atom. The van der Waals surface area contributed by atoms with Crippen molar-refractivity contribution < 1.29 is 9.84 Å². The topological polar surface area (TPSA) is 72.5 Å². The molecular weight excluding hydrogens is 336 g/mol. The van der Waals surface area contributed by atoms with Crippen molar-refractivity contribution in [3.05, 3.63) is 41.0 Å². The zero-order valence-corrected chi connectivity index (χ0v) is 14.7. The molecule has 3 aromatic heterocycles. The van der Waals surface area contributed by atoms with Crippen LogP contribution in [0.5, 0.6) is 5.75 Å². The van der Waals surface area contributed by atoms with E-state index in [0.717, 1.165) is 27.8 Å². The summed E-state index contributed by atoms with van der Waals surface area (Å²) in [6.45, 7) is 4.84. The van der Waals surface area contributed by atoms with Gasteiger partial charge in [0.2, 0.25) is 0 Å². The third kappa shape index (κ3) is 2.31. The van der Waals surface area contributed by atoms with Crippen LogP contribution in [0.1, 0.15) is 24.3 Å². The van der Waals surface area contributed by atoms with Crippen molar-refractivity contribution in [1.82, 2.24) is 19.6 Å². The highest BCUT2D eigenvalue weighted by Gasteiger charge is 2.30. The highest BCUT2D eigenvalue weighted by atomic mass is 32.1. The molecule has 7 heteroatoms. The van der Waals surface area contributed by atoms with Crippen LogP contribution in [0.2, 0.25) is 0 Å². The predicted octanol–water partition coefficient (Wildman–Crippen LogP) is 3.56. The maximum absolute atomic E-state index is 9.47. The molecule has 4 heterocycles. The third-order valence-electron chi connectivity index (χ3n) is 4.53. The number of benzene rings is 1. The maximum Gasteiger partial charge on any atom is 0.182 e. The Labute approximate surface area is 147 Å². The largest absolute Gasteiger partial charge is 0.508 e. The lowest BCUT2D eigenvalue weighted by molar-refractivity contribution is -0.0379. The van der Waals surface area contributed by atoms with Crippen LogP contribution in [0, 0.1) is 0 Å². The minimum absolute atomic E-state index is 0.187. The van der Waals surface area contributed by atoms with E-state index in [9.17, 15) is 5.11 Å². The Kier molecular flexibility index (Phi) is 2.96. The fourth-order valence-electron chi connectivity index (χ4n) is 3.27. The lowest BCUT2D eigenvalue weighted by Gasteiger charge is -2.30. The van der Waals surface area contributed by atoms with E-state index in [1.54, 1.807) is 34.3 Å². The van der Waals surface area contributed by atoms with Gasteiger partial charge in [-0.2, -0.15) is 0 Å². The summed E-state index contributed by atoms with van der Waals surface area (Å²) in [5.74, 6) is 0.853. The third-order valence-corrected chi connectivity index (χ3v) is 5.65. The molecule has 6 nitrogen and oxygen atoms in total. The molecule has 5 rings (SSSR count). The van der Waals surface area contributed by atoms with Gasteiger partial charge in [0.25, 0.3) is 0 Å². The smallest absolute Gasteiger partial charge is 0.182 e. The van der Waals surface area contributed by atoms with Gasteiger partial charge < -0.3 is 9.84 Å². The minimum Gasteiger partial charge on any atom is -0.508 e. The van der Waals surface area contributed by atoms with E-state index in [1.165, 1.54) is 10.4 Å². The molecule has 0 amide bonds. The molecule has 0 saturated heterocycles. The highest BCUT2D eigenvalue weighted by Crippen LogP contribution is 2.39. The summed E-state index contributed by atoms with van der Waals surface area (Å²) in [5, 5.41) is 15.1. The predicted molar refractivity (Wildman–Crippen MR) is 95.8 cm³/mol. The van der Waals surface area contributed by atoms with Gasteiger partial charge in [-0.25, -0.2) is 14.5 Å². The highest BCUT2D eigenvalue weighted by molar-refractivity contribution is 7.19. The molecule has 1 aliphatic heterocycles. The first-order valence-corrected chi connectivity index (χ1v) is 8.91. The van der Waals surface area contributed by atoms with Crippen molar-refractivity contribution in [3.63, 3.8) is 0 Å². The molecule has 126 valence electrons. The Morgan fingerprint density at radius 3 is 2.84 bits per heavy atom. The van der Waals surface area contributed by atoms with Crippen molar-refractivity contribution in [2.24, 2.45) is 0 Å². The van der Waals surface area contributed by atoms with Crippen LogP contribution in [0.3, 0.4) is 0 Å². The summed E-state index contributed by atoms with van der Waals surface area (Å²) in [6.07, 6.45) is 2.55. The summed E-state index contributed by atoms with van der Waals surface area (Å²) < 4.78 is 7.67. The second-order valence-electron chi connectivity index (χ2n) is 6.90. The molecule has 0 spiro atoms. The molecule has 1 aliphatic rings. The second kappa shape index (κ2) is 5.00. The van der Waals surface area contributed by atoms with Crippen LogP contribution >= 0.6 is 11.3 Å². The molecule has 4 aromatic rings. The number of thiophene rings is 1. The van der Waals surface area contributed by atoms with Crippen molar-refractivity contribution >= 4 is 27.2 Å². The standard InChI is InChI=1S/C18H16N4O2S/c1-18(2)7-12-13(8-24-18)25-17-14(12)16-20-15(21-22(16)9-19-17)10-3-5-11(23)6-4-10/h3-6,9,23H,7-8H2,1-2H3. The van der Waals surface area contributed by atoms with Crippen molar-refractivity contribution in [2.45, 2.75) is 32.5 Å². The lowest BCUT2D eigenvalue weighted by atomic mass is 9.94. The molecular formula is C18H16N4O2S. The Morgan fingerprint density at radius 2 is 2.04 bits per heavy atom. The fraction of sp³-hybridized carbons (Fsp3) is 0.278. The van der Waals surface area contributed by atoms with Crippen LogP contribution < -0.4 is 0 Å². The number of phenols is 1. The van der Waals surface area contributed by atoms with E-state index in [1.807, 2.05) is 12.1 Å². The zero-order valence-electron chi connectivity index (χ0n) is 13.9. The van der Waals surface area contributed by atoms with Crippen molar-refractivity contribution in [1.29, 1.82) is 0 Å². The number of hydrogen-bond acceptors (Lipinski definition) is 6. The molecule has 1 N–H and O–H groups in total. The van der Waals surface area contributed by atoms with Crippen LogP contribution in [0.15, 0.2) is 30.6 Å². The van der Waals surface area contributed by atoms with Crippen LogP contribution in [-0.2, 0) is 17.8 Å². The summed E-state index contributed by atoms with van der Waals surface area (Å²) in [7, 11) is 0. The van der Waals surface area contributed by atoms with E-state index in [4.69, 9.17) is 9.72 Å². The lowest BCUT2D eigenvalue weighted by Crippen LogP contribution is -2.31. The number of fused-ring (bicyclic) bond motifs is 5. The SMILES string of the molecule is CC1(C)Cc2c(sc3ncn4nc(-c5ccc(O)cc5)nc4c23)CO1. The Bertz CT molecular complexity index is 1110. The summed E-state index contributed by atoms with van der Waals surface area (Å²) in [6, 6.07) is 6.91. The number of hydrogen-bond donors (Lipinski definition) is 1. The first kappa shape index (κ1) is 14.8. The van der Waals surface area contributed by atoms with Gasteiger partial charge in [-0.3, -0.25) is 0 Å². The second-order valence-corrected chi connectivity index (χ2v) is 7.99. The summed E-state index contributed by atoms with van der Waals surface area (Å²) >= 11 is 1.67. The summed E-state index contributed by atoms with van der Waals surface area (Å²) in [4.78, 5) is 11.5. The van der Waals surface area contributed by atoms with Gasteiger partial charge in [0.05, 0.1) is 17.6 Å². The van der Waals surface area contributed by atoms with Gasteiger partial charge in [-0.1, -0.05) is 0 Å². The summed E-state index contributed by atoms with van der Waals surface area (Å²) in [5.41, 5.74) is 2.78. The quantitative estimate of drug-likeness (QED) is 0.567. The molecule has 0 fully saturated rings. The first-order chi connectivity index (χ1) is 12.0. The number of aromatic hydroxyl groups is 1. The van der Waals surface area contributed by atoms with E-state index in [0.29, 0.717) is 12.4 Å². The van der Waals surface area contributed by atoms with E-state index < -0.39 is 0 Å². The van der Waals surface area contributed by atoms with Gasteiger partial charge >= 0.3 is 0 Å². The normalized spacial score (nSPS) is 16.4. The van der Waals surface area contributed by atoms with Crippen molar-refractivity contribution in [2.75, 3.05) is 0 Å². The van der Waals surface area contributed by atoms with Gasteiger partial charge in [0.15, 0.2) is 11.5 Å². The minimum atomic E-state index is -0.187. The van der Waals surface area contributed by atoms with E-state index in [2.05, 4.69) is 23.9 Å². The van der Waals surface area contributed by atoms with Gasteiger partial charge in [-0.05, 0) is 43.7 Å². The van der Waals surface area contributed by atoms with Crippen LogP contribution in [0.4, 0.5) is 0 Å². The van der Waals surface area contributed by atoms with Crippen LogP contribution in [0.25, 0.3) is 27.3 Å².